The minimum atomic E-state index is -0.364. The molecular weight excluding hydrogens is 651 g/mol. The average molecular weight is 688 g/mol. The maximum atomic E-state index is 4.12. The Morgan fingerprint density at radius 2 is 1.24 bits per heavy atom. The van der Waals surface area contributed by atoms with E-state index in [4.69, 9.17) is 0 Å². The molecular formula is C51H36BN2. The van der Waals surface area contributed by atoms with Crippen LogP contribution in [0.3, 0.4) is 0 Å². The van der Waals surface area contributed by atoms with Gasteiger partial charge in [0.25, 0.3) is 0 Å². The summed E-state index contributed by atoms with van der Waals surface area (Å²) in [6.45, 7) is 7.21. The highest BCUT2D eigenvalue weighted by molar-refractivity contribution is 6.74. The third-order valence-corrected chi connectivity index (χ3v) is 13.0. The molecule has 0 fully saturated rings. The van der Waals surface area contributed by atoms with Crippen LogP contribution in [-0.4, -0.2) is 7.28 Å². The molecule has 0 spiro atoms. The van der Waals surface area contributed by atoms with E-state index in [1.807, 2.05) is 0 Å². The maximum absolute atomic E-state index is 4.12. The zero-order valence-electron chi connectivity index (χ0n) is 30.5. The second-order valence-corrected chi connectivity index (χ2v) is 16.1. The van der Waals surface area contributed by atoms with Crippen LogP contribution in [0.15, 0.2) is 158 Å². The normalized spacial score (nSPS) is 17.3. The molecule has 1 radical (unpaired) electrons. The standard InChI is InChI=1S/C51H36BN2/c1-50(2)38-22-11-12-26-42(38)54-43-29-31-17-7-8-18-32(31)44(47(43)52-40-24-14-23-39(50)49(40)54)36-28-27-33(30-15-5-4-6-16-30)46-48(36)53-41-25-13-20-35-34-19-9-10-21-37(34)51(46,3)45(35)41/h4-29,53H,1-3H3. The Bertz CT molecular complexity index is 2940. The van der Waals surface area contributed by atoms with Gasteiger partial charge in [-0.1, -0.05) is 159 Å². The molecule has 1 atom stereocenters. The number of nitrogens with zero attached hydrogens (tertiary/aromatic N) is 1. The van der Waals surface area contributed by atoms with Gasteiger partial charge in [-0.25, -0.2) is 0 Å². The number of nitrogens with one attached hydrogen (secondary N) is 1. The molecule has 1 aliphatic carbocycles. The zero-order valence-corrected chi connectivity index (χ0v) is 30.5. The Labute approximate surface area is 317 Å². The second kappa shape index (κ2) is 10.4. The number of anilines is 5. The first-order valence-corrected chi connectivity index (χ1v) is 19.1. The molecule has 1 unspecified atom stereocenters. The van der Waals surface area contributed by atoms with Gasteiger partial charge in [0.05, 0.1) is 11.4 Å². The van der Waals surface area contributed by atoms with Gasteiger partial charge in [-0.3, -0.25) is 0 Å². The predicted octanol–water partition coefficient (Wildman–Crippen LogP) is 11.6. The molecule has 253 valence electrons. The lowest BCUT2D eigenvalue weighted by atomic mass is 9.55. The molecule has 0 amide bonds. The number of fused-ring (bicyclic) bond motifs is 10. The van der Waals surface area contributed by atoms with E-state index >= 15 is 0 Å². The molecule has 0 saturated heterocycles. The van der Waals surface area contributed by atoms with E-state index in [1.54, 1.807) is 0 Å². The van der Waals surface area contributed by atoms with Crippen LogP contribution in [0.5, 0.6) is 0 Å². The van der Waals surface area contributed by atoms with Crippen molar-refractivity contribution in [1.29, 1.82) is 0 Å². The minimum absolute atomic E-state index is 0.126. The first-order valence-electron chi connectivity index (χ1n) is 19.1. The van der Waals surface area contributed by atoms with Gasteiger partial charge in [-0.05, 0) is 97.0 Å². The lowest BCUT2D eigenvalue weighted by Gasteiger charge is -2.46. The third kappa shape index (κ3) is 3.67. The molecule has 12 rings (SSSR count). The van der Waals surface area contributed by atoms with Gasteiger partial charge < -0.3 is 10.2 Å². The summed E-state index contributed by atoms with van der Waals surface area (Å²) in [4.78, 5) is 2.56. The highest BCUT2D eigenvalue weighted by Gasteiger charge is 2.48. The molecule has 0 bridgehead atoms. The molecule has 1 N–H and O–H groups in total. The Kier molecular flexibility index (Phi) is 5.82. The number of hydrogen-bond acceptors (Lipinski definition) is 2. The fourth-order valence-electron chi connectivity index (χ4n) is 10.7. The molecule has 8 aromatic carbocycles. The Morgan fingerprint density at radius 1 is 0.537 bits per heavy atom. The first kappa shape index (κ1) is 30.2. The van der Waals surface area contributed by atoms with Gasteiger partial charge >= 0.3 is 0 Å². The third-order valence-electron chi connectivity index (χ3n) is 13.0. The summed E-state index contributed by atoms with van der Waals surface area (Å²) in [7, 11) is 2.47. The van der Waals surface area contributed by atoms with Crippen molar-refractivity contribution in [2.75, 3.05) is 10.2 Å². The van der Waals surface area contributed by atoms with Crippen LogP contribution < -0.4 is 21.1 Å². The summed E-state index contributed by atoms with van der Waals surface area (Å²) in [5.74, 6) is 0. The monoisotopic (exact) mass is 687 g/mol. The molecule has 3 heterocycles. The van der Waals surface area contributed by atoms with Crippen molar-refractivity contribution in [3.8, 4) is 33.4 Å². The van der Waals surface area contributed by atoms with Crippen LogP contribution >= 0.6 is 0 Å². The summed E-state index contributed by atoms with van der Waals surface area (Å²) in [6, 6.07) is 58.9. The van der Waals surface area contributed by atoms with Gasteiger partial charge in [0.2, 0.25) is 0 Å². The lowest BCUT2D eigenvalue weighted by molar-refractivity contribution is 0.632. The summed E-state index contributed by atoms with van der Waals surface area (Å²) < 4.78 is 0. The Morgan fingerprint density at radius 3 is 2.13 bits per heavy atom. The van der Waals surface area contributed by atoms with Gasteiger partial charge in [0.15, 0.2) is 7.28 Å². The molecule has 0 aromatic heterocycles. The van der Waals surface area contributed by atoms with Crippen LogP contribution in [0.2, 0.25) is 0 Å². The van der Waals surface area contributed by atoms with Crippen LogP contribution in [0.25, 0.3) is 44.2 Å². The molecule has 4 aliphatic rings. The largest absolute Gasteiger partial charge is 0.354 e. The fraction of sp³-hybridized carbons (Fsp3) is 0.0980. The van der Waals surface area contributed by atoms with Crippen LogP contribution in [0, 0.1) is 0 Å². The lowest BCUT2D eigenvalue weighted by Crippen LogP contribution is -2.45. The molecule has 3 aliphatic heterocycles. The van der Waals surface area contributed by atoms with Gasteiger partial charge in [-0.15, -0.1) is 0 Å². The fourth-order valence-corrected chi connectivity index (χ4v) is 10.7. The quantitative estimate of drug-likeness (QED) is 0.182. The van der Waals surface area contributed by atoms with E-state index in [0.717, 1.165) is 0 Å². The van der Waals surface area contributed by atoms with Crippen LogP contribution in [-0.2, 0) is 10.8 Å². The van der Waals surface area contributed by atoms with Crippen molar-refractivity contribution in [2.24, 2.45) is 0 Å². The van der Waals surface area contributed by atoms with E-state index in [1.165, 1.54) is 111 Å². The summed E-state index contributed by atoms with van der Waals surface area (Å²) in [6.07, 6.45) is 0. The van der Waals surface area contributed by atoms with Crippen molar-refractivity contribution < 1.29 is 0 Å². The number of rotatable bonds is 2. The smallest absolute Gasteiger partial charge is 0.197 e. The Hall–Kier alpha value is -6.32. The van der Waals surface area contributed by atoms with Crippen LogP contribution in [0.4, 0.5) is 28.4 Å². The van der Waals surface area contributed by atoms with E-state index in [0.29, 0.717) is 0 Å². The van der Waals surface area contributed by atoms with E-state index in [2.05, 4.69) is 196 Å². The zero-order chi connectivity index (χ0) is 35.9. The van der Waals surface area contributed by atoms with E-state index in [9.17, 15) is 0 Å². The SMILES string of the molecule is CC1(C)c2ccccc2N2c3cc4ccccc4c(-c4ccc(-c5ccccc5)c5c4Nc4cccc6c4C5(C)c4ccccc4-6)c3[B]c3cccc1c32. The maximum Gasteiger partial charge on any atom is 0.197 e. The van der Waals surface area contributed by atoms with Crippen molar-refractivity contribution in [3.05, 3.63) is 186 Å². The average Bonchev–Trinajstić information content (AvgIpc) is 3.48. The van der Waals surface area contributed by atoms with Crippen LogP contribution in [0.1, 0.15) is 48.6 Å². The van der Waals surface area contributed by atoms with Crippen molar-refractivity contribution >= 4 is 57.4 Å². The highest BCUT2D eigenvalue weighted by atomic mass is 15.2. The summed E-state index contributed by atoms with van der Waals surface area (Å²) in [5.41, 5.74) is 22.6. The minimum Gasteiger partial charge on any atom is -0.354 e. The summed E-state index contributed by atoms with van der Waals surface area (Å²) in [5, 5.41) is 6.62. The molecule has 54 heavy (non-hydrogen) atoms. The Balaban J connectivity index is 1.21. The highest BCUT2D eigenvalue weighted by Crippen LogP contribution is 2.62. The van der Waals surface area contributed by atoms with Crippen molar-refractivity contribution in [2.45, 2.75) is 31.6 Å². The molecule has 8 aromatic rings. The predicted molar refractivity (Wildman–Crippen MR) is 227 cm³/mol. The van der Waals surface area contributed by atoms with Crippen molar-refractivity contribution in [1.82, 2.24) is 0 Å². The molecule has 0 saturated carbocycles. The van der Waals surface area contributed by atoms with Gasteiger partial charge in [0, 0.05) is 33.5 Å². The molecule has 3 heteroatoms. The second-order valence-electron chi connectivity index (χ2n) is 16.1. The number of hydrogen-bond donors (Lipinski definition) is 1. The van der Waals surface area contributed by atoms with Crippen molar-refractivity contribution in [3.63, 3.8) is 0 Å². The first-order chi connectivity index (χ1) is 26.4. The molecule has 2 nitrogen and oxygen atoms in total. The van der Waals surface area contributed by atoms with Gasteiger partial charge in [-0.2, -0.15) is 0 Å². The number of para-hydroxylation sites is 2. The topological polar surface area (TPSA) is 15.3 Å². The van der Waals surface area contributed by atoms with E-state index in [-0.39, 0.29) is 10.8 Å². The summed E-state index contributed by atoms with van der Waals surface area (Å²) >= 11 is 0. The van der Waals surface area contributed by atoms with Gasteiger partial charge in [0.1, 0.15) is 0 Å². The van der Waals surface area contributed by atoms with E-state index < -0.39 is 0 Å². The number of benzene rings is 8.